The van der Waals surface area contributed by atoms with Crippen LogP contribution in [0.25, 0.3) is 12.2 Å². The zero-order chi connectivity index (χ0) is 20.4. The molecule has 27 heavy (non-hydrogen) atoms. The van der Waals surface area contributed by atoms with Gasteiger partial charge in [0.25, 0.3) is 5.56 Å². The first-order valence-corrected chi connectivity index (χ1v) is 10.4. The minimum Gasteiger partial charge on any atom is -0.350 e. The molecule has 0 saturated heterocycles. The van der Waals surface area contributed by atoms with Crippen molar-refractivity contribution in [2.45, 2.75) is 53.6 Å². The van der Waals surface area contributed by atoms with Crippen LogP contribution in [0.5, 0.6) is 0 Å². The zero-order valence-electron chi connectivity index (χ0n) is 16.6. The number of carbonyl (C=O) groups is 2. The van der Waals surface area contributed by atoms with Gasteiger partial charge in [-0.1, -0.05) is 26.8 Å². The van der Waals surface area contributed by atoms with E-state index in [-0.39, 0.29) is 23.8 Å². The van der Waals surface area contributed by atoms with Crippen LogP contribution in [0.3, 0.4) is 0 Å². The quantitative estimate of drug-likeness (QED) is 0.846. The van der Waals surface area contributed by atoms with Crippen molar-refractivity contribution in [2.75, 3.05) is 0 Å². The Labute approximate surface area is 167 Å². The fourth-order valence-corrected chi connectivity index (χ4v) is 3.99. The Morgan fingerprint density at radius 1 is 1.19 bits per heavy atom. The fraction of sp³-hybridized carbons (Fsp3) is 0.450. The molecule has 2 heterocycles. The Hall–Kier alpha value is -1.99. The van der Waals surface area contributed by atoms with E-state index in [1.54, 1.807) is 6.08 Å². The number of carbonyl (C=O) groups excluding carboxylic acids is 2. The largest absolute Gasteiger partial charge is 0.350 e. The third-order valence-electron chi connectivity index (χ3n) is 3.56. The number of nitrogens with one attached hydrogen (secondary N) is 1. The van der Waals surface area contributed by atoms with Crippen LogP contribution in [0, 0.1) is 5.41 Å². The van der Waals surface area contributed by atoms with Crippen molar-refractivity contribution in [2.24, 2.45) is 5.41 Å². The standard InChI is InChI=1S/C20H26N2O3S2/c1-19(2,3)15(23)11-17-22(12-16(24)21-20(4,5)6)18(25)14(27-17)10-13-8-7-9-26-13/h7-11H,12H2,1-6H3,(H,21,24)/b14-10-,17-11+. The van der Waals surface area contributed by atoms with E-state index in [1.807, 2.05) is 59.1 Å². The van der Waals surface area contributed by atoms with Gasteiger partial charge < -0.3 is 5.32 Å². The first-order valence-electron chi connectivity index (χ1n) is 8.69. The fourth-order valence-electron chi connectivity index (χ4n) is 2.23. The van der Waals surface area contributed by atoms with E-state index < -0.39 is 11.0 Å². The van der Waals surface area contributed by atoms with Crippen molar-refractivity contribution >= 4 is 46.5 Å². The normalized spacial score (nSPS) is 13.9. The SMILES string of the molecule is CC(C)(C)NC(=O)Cn1c(=O)/c(=C/c2cccs2)s/c1=C/C(=O)C(C)(C)C. The van der Waals surface area contributed by atoms with Gasteiger partial charge >= 0.3 is 0 Å². The minimum absolute atomic E-state index is 0.0867. The second-order valence-corrected chi connectivity index (χ2v) is 10.5. The van der Waals surface area contributed by atoms with Crippen molar-refractivity contribution in [1.29, 1.82) is 0 Å². The van der Waals surface area contributed by atoms with Crippen LogP contribution in [-0.4, -0.2) is 21.8 Å². The van der Waals surface area contributed by atoms with E-state index in [9.17, 15) is 14.4 Å². The lowest BCUT2D eigenvalue weighted by molar-refractivity contribution is -0.123. The molecule has 2 aromatic rings. The second-order valence-electron chi connectivity index (χ2n) is 8.41. The van der Waals surface area contributed by atoms with Gasteiger partial charge in [0.1, 0.15) is 11.2 Å². The Morgan fingerprint density at radius 2 is 1.85 bits per heavy atom. The molecule has 0 fully saturated rings. The number of ketones is 1. The Bertz CT molecular complexity index is 998. The summed E-state index contributed by atoms with van der Waals surface area (Å²) in [5.74, 6) is -0.348. The van der Waals surface area contributed by atoms with Crippen LogP contribution in [0.2, 0.25) is 0 Å². The summed E-state index contributed by atoms with van der Waals surface area (Å²) in [4.78, 5) is 38.7. The van der Waals surface area contributed by atoms with E-state index in [4.69, 9.17) is 0 Å². The van der Waals surface area contributed by atoms with Crippen molar-refractivity contribution in [3.8, 4) is 0 Å². The molecule has 0 unspecified atom stereocenters. The van der Waals surface area contributed by atoms with Gasteiger partial charge in [-0.3, -0.25) is 19.0 Å². The van der Waals surface area contributed by atoms with Gasteiger partial charge in [-0.2, -0.15) is 0 Å². The minimum atomic E-state index is -0.559. The molecule has 1 N–H and O–H groups in total. The summed E-state index contributed by atoms with van der Waals surface area (Å²) in [6, 6.07) is 3.83. The second kappa shape index (κ2) is 7.94. The number of hydrogen-bond acceptors (Lipinski definition) is 5. The molecule has 0 aliphatic rings. The summed E-state index contributed by atoms with van der Waals surface area (Å²) in [7, 11) is 0. The molecule has 0 aliphatic carbocycles. The molecule has 5 nitrogen and oxygen atoms in total. The lowest BCUT2D eigenvalue weighted by Gasteiger charge is -2.20. The molecule has 7 heteroatoms. The van der Waals surface area contributed by atoms with Crippen LogP contribution in [0.15, 0.2) is 22.3 Å². The molecular weight excluding hydrogens is 380 g/mol. The van der Waals surface area contributed by atoms with E-state index >= 15 is 0 Å². The smallest absolute Gasteiger partial charge is 0.269 e. The number of thiophene rings is 1. The first kappa shape index (κ1) is 21.3. The zero-order valence-corrected chi connectivity index (χ0v) is 18.2. The summed E-state index contributed by atoms with van der Waals surface area (Å²) < 4.78 is 2.38. The van der Waals surface area contributed by atoms with E-state index in [1.165, 1.54) is 33.3 Å². The summed E-state index contributed by atoms with van der Waals surface area (Å²) in [6.07, 6.45) is 3.27. The molecule has 146 valence electrons. The maximum atomic E-state index is 12.9. The molecular formula is C20H26N2O3S2. The summed E-state index contributed by atoms with van der Waals surface area (Å²) in [5, 5.41) is 4.79. The lowest BCUT2D eigenvalue weighted by Crippen LogP contribution is -2.45. The van der Waals surface area contributed by atoms with Crippen molar-refractivity contribution in [1.82, 2.24) is 9.88 Å². The third-order valence-corrected chi connectivity index (χ3v) is 5.44. The Balaban J connectivity index is 2.57. The molecule has 0 atom stereocenters. The molecule has 0 aliphatic heterocycles. The molecule has 0 aromatic carbocycles. The predicted octanol–water partition coefficient (Wildman–Crippen LogP) is 2.11. The maximum absolute atomic E-state index is 12.9. The topological polar surface area (TPSA) is 68.2 Å². The third kappa shape index (κ3) is 6.01. The van der Waals surface area contributed by atoms with Crippen LogP contribution in [0.1, 0.15) is 46.4 Å². The number of hydrogen-bond donors (Lipinski definition) is 1. The van der Waals surface area contributed by atoms with Gasteiger partial charge in [0.05, 0.1) is 4.53 Å². The van der Waals surface area contributed by atoms with Crippen LogP contribution in [0.4, 0.5) is 0 Å². The highest BCUT2D eigenvalue weighted by atomic mass is 32.1. The lowest BCUT2D eigenvalue weighted by atomic mass is 9.91. The van der Waals surface area contributed by atoms with Gasteiger partial charge in [0.15, 0.2) is 5.78 Å². The number of thiazole rings is 1. The number of Topliss-reactive ketones (excluding diaryl/α,β-unsaturated/α-hetero) is 1. The average Bonchev–Trinajstić information content (AvgIpc) is 3.09. The highest BCUT2D eigenvalue weighted by molar-refractivity contribution is 7.11. The van der Waals surface area contributed by atoms with Crippen molar-refractivity contribution in [3.63, 3.8) is 0 Å². The first-order chi connectivity index (χ1) is 12.4. The van der Waals surface area contributed by atoms with Gasteiger partial charge in [-0.15, -0.1) is 22.7 Å². The molecule has 1 amide bonds. The van der Waals surface area contributed by atoms with Crippen molar-refractivity contribution in [3.05, 3.63) is 41.9 Å². The van der Waals surface area contributed by atoms with E-state index in [2.05, 4.69) is 5.32 Å². The van der Waals surface area contributed by atoms with E-state index in [0.717, 1.165) is 4.88 Å². The number of nitrogens with zero attached hydrogens (tertiary/aromatic N) is 1. The number of amides is 1. The average molecular weight is 407 g/mol. The Kier molecular flexibility index (Phi) is 6.27. The highest BCUT2D eigenvalue weighted by Crippen LogP contribution is 2.15. The summed E-state index contributed by atoms with van der Waals surface area (Å²) >= 11 is 2.76. The van der Waals surface area contributed by atoms with Crippen LogP contribution >= 0.6 is 22.7 Å². The molecule has 0 radical (unpaired) electrons. The van der Waals surface area contributed by atoms with Gasteiger partial charge in [-0.25, -0.2) is 0 Å². The molecule has 0 saturated carbocycles. The van der Waals surface area contributed by atoms with E-state index in [0.29, 0.717) is 9.20 Å². The summed E-state index contributed by atoms with van der Waals surface area (Å²) in [5.41, 5.74) is -1.21. The molecule has 2 aromatic heterocycles. The maximum Gasteiger partial charge on any atom is 0.269 e. The monoisotopic (exact) mass is 406 g/mol. The molecule has 0 bridgehead atoms. The van der Waals surface area contributed by atoms with Crippen LogP contribution in [-0.2, 0) is 16.1 Å². The van der Waals surface area contributed by atoms with Gasteiger partial charge in [0.2, 0.25) is 5.91 Å². The Morgan fingerprint density at radius 3 is 2.37 bits per heavy atom. The molecule has 2 rings (SSSR count). The molecule has 0 spiro atoms. The van der Waals surface area contributed by atoms with Crippen molar-refractivity contribution < 1.29 is 9.59 Å². The number of aromatic nitrogens is 1. The highest BCUT2D eigenvalue weighted by Gasteiger charge is 2.20. The van der Waals surface area contributed by atoms with Gasteiger partial charge in [0, 0.05) is 21.9 Å². The predicted molar refractivity (Wildman–Crippen MR) is 113 cm³/mol. The van der Waals surface area contributed by atoms with Gasteiger partial charge in [-0.05, 0) is 38.3 Å². The van der Waals surface area contributed by atoms with Crippen LogP contribution < -0.4 is 20.1 Å². The summed E-state index contributed by atoms with van der Waals surface area (Å²) in [6.45, 7) is 11.0. The number of rotatable bonds is 4.